The molecule has 0 aliphatic carbocycles. The van der Waals surface area contributed by atoms with Crippen LogP contribution in [-0.4, -0.2) is 15.5 Å². The first-order valence-corrected chi connectivity index (χ1v) is 8.58. The highest BCUT2D eigenvalue weighted by atomic mass is 79.9. The molecule has 0 spiro atoms. The van der Waals surface area contributed by atoms with Crippen molar-refractivity contribution < 1.29 is 8.42 Å². The van der Waals surface area contributed by atoms with Gasteiger partial charge in [-0.3, -0.25) is 4.72 Å². The molecule has 2 N–H and O–H groups in total. The molecule has 0 saturated heterocycles. The molecule has 19 heavy (non-hydrogen) atoms. The van der Waals surface area contributed by atoms with Gasteiger partial charge in [-0.2, -0.15) is 0 Å². The molecule has 102 valence electrons. The zero-order valence-electron chi connectivity index (χ0n) is 10.4. The average Bonchev–Trinajstić information content (AvgIpc) is 2.70. The first-order valence-electron chi connectivity index (χ1n) is 5.49. The second-order valence-corrected chi connectivity index (χ2v) is 8.19. The van der Waals surface area contributed by atoms with E-state index in [0.717, 1.165) is 14.4 Å². The highest BCUT2D eigenvalue weighted by Gasteiger charge is 2.19. The summed E-state index contributed by atoms with van der Waals surface area (Å²) in [5, 5.41) is 2.98. The minimum absolute atomic E-state index is 0.307. The average molecular weight is 361 g/mol. The molecule has 0 aliphatic heterocycles. The van der Waals surface area contributed by atoms with Crippen molar-refractivity contribution in [1.29, 1.82) is 0 Å². The van der Waals surface area contributed by atoms with E-state index in [1.807, 2.05) is 19.2 Å². The van der Waals surface area contributed by atoms with Crippen LogP contribution in [0, 0.1) is 6.92 Å². The Hall–Kier alpha value is -1.05. The van der Waals surface area contributed by atoms with Gasteiger partial charge in [0, 0.05) is 23.3 Å². The smallest absolute Gasteiger partial charge is 0.263 e. The van der Waals surface area contributed by atoms with Crippen LogP contribution in [0.5, 0.6) is 0 Å². The number of sulfonamides is 1. The summed E-state index contributed by atoms with van der Waals surface area (Å²) in [6, 6.07) is 8.69. The first-order chi connectivity index (χ1) is 8.92. The third kappa shape index (κ3) is 3.29. The molecule has 7 heteroatoms. The van der Waals surface area contributed by atoms with E-state index in [-0.39, 0.29) is 0 Å². The molecule has 2 aromatic rings. The second-order valence-electron chi connectivity index (χ2n) is 3.90. The van der Waals surface area contributed by atoms with E-state index >= 15 is 0 Å². The lowest BCUT2D eigenvalue weighted by molar-refractivity contribution is 0.601. The van der Waals surface area contributed by atoms with Gasteiger partial charge in [-0.05, 0) is 53.2 Å². The molecular formula is C12H13BrN2O2S2. The Labute approximate surface area is 125 Å². The van der Waals surface area contributed by atoms with Crippen LogP contribution in [0.4, 0.5) is 11.4 Å². The molecule has 1 aromatic heterocycles. The van der Waals surface area contributed by atoms with Gasteiger partial charge in [-0.15, -0.1) is 11.3 Å². The molecular weight excluding hydrogens is 348 g/mol. The fourth-order valence-corrected chi connectivity index (χ4v) is 5.09. The number of aryl methyl sites for hydroxylation is 1. The predicted molar refractivity (Wildman–Crippen MR) is 83.6 cm³/mol. The largest absolute Gasteiger partial charge is 0.388 e. The molecule has 0 fully saturated rings. The summed E-state index contributed by atoms with van der Waals surface area (Å²) < 4.78 is 27.9. The molecule has 4 nitrogen and oxygen atoms in total. The second kappa shape index (κ2) is 5.52. The molecule has 1 aromatic carbocycles. The Bertz CT molecular complexity index is 678. The number of halogens is 1. The number of anilines is 2. The maximum atomic E-state index is 12.2. The monoisotopic (exact) mass is 360 g/mol. The summed E-state index contributed by atoms with van der Waals surface area (Å²) in [6.45, 7) is 1.79. The van der Waals surface area contributed by atoms with Gasteiger partial charge < -0.3 is 5.32 Å². The fraction of sp³-hybridized carbons (Fsp3) is 0.167. The van der Waals surface area contributed by atoms with Gasteiger partial charge in [-0.1, -0.05) is 0 Å². The topological polar surface area (TPSA) is 58.2 Å². The Balaban J connectivity index is 2.28. The third-order valence-corrected chi connectivity index (χ3v) is 5.75. The van der Waals surface area contributed by atoms with E-state index in [4.69, 9.17) is 0 Å². The van der Waals surface area contributed by atoms with Crippen molar-refractivity contribution in [3.05, 3.63) is 39.0 Å². The molecule has 0 radical (unpaired) electrons. The molecule has 0 bridgehead atoms. The van der Waals surface area contributed by atoms with Crippen LogP contribution >= 0.6 is 27.3 Å². The number of rotatable bonds is 4. The number of benzene rings is 1. The van der Waals surface area contributed by atoms with Crippen molar-refractivity contribution in [2.24, 2.45) is 0 Å². The Kier molecular flexibility index (Phi) is 4.17. The van der Waals surface area contributed by atoms with Crippen molar-refractivity contribution in [1.82, 2.24) is 0 Å². The number of nitrogens with one attached hydrogen (secondary N) is 2. The summed E-state index contributed by atoms with van der Waals surface area (Å²) >= 11 is 4.70. The van der Waals surface area contributed by atoms with Crippen molar-refractivity contribution in [2.45, 2.75) is 11.8 Å². The zero-order valence-corrected chi connectivity index (χ0v) is 13.6. The van der Waals surface area contributed by atoms with E-state index in [0.29, 0.717) is 10.6 Å². The summed E-state index contributed by atoms with van der Waals surface area (Å²) in [7, 11) is -1.72. The molecule has 0 aliphatic rings. The SMILES string of the molecule is CNc1ccc(NS(=O)(=O)c2cc(Br)sc2C)cc1. The fourth-order valence-electron chi connectivity index (χ4n) is 1.61. The van der Waals surface area contributed by atoms with Gasteiger partial charge in [0.2, 0.25) is 0 Å². The molecule has 0 saturated carbocycles. The molecule has 0 amide bonds. The van der Waals surface area contributed by atoms with E-state index in [2.05, 4.69) is 26.0 Å². The van der Waals surface area contributed by atoms with Crippen LogP contribution in [-0.2, 0) is 10.0 Å². The third-order valence-electron chi connectivity index (χ3n) is 2.56. The number of thiophene rings is 1. The minimum atomic E-state index is -3.53. The standard InChI is InChI=1S/C12H13BrN2O2S2/c1-8-11(7-12(13)18-8)19(16,17)15-10-5-3-9(14-2)4-6-10/h3-7,14-15H,1-2H3. The highest BCUT2D eigenvalue weighted by Crippen LogP contribution is 2.30. The maximum absolute atomic E-state index is 12.2. The molecule has 0 atom stereocenters. The van der Waals surface area contributed by atoms with Gasteiger partial charge in [0.25, 0.3) is 10.0 Å². The lowest BCUT2D eigenvalue weighted by Crippen LogP contribution is -2.13. The van der Waals surface area contributed by atoms with E-state index in [1.165, 1.54) is 11.3 Å². The van der Waals surface area contributed by atoms with Crippen molar-refractivity contribution in [3.8, 4) is 0 Å². The summed E-state index contributed by atoms with van der Waals surface area (Å²) in [5.74, 6) is 0. The van der Waals surface area contributed by atoms with Crippen molar-refractivity contribution in [3.63, 3.8) is 0 Å². The van der Waals surface area contributed by atoms with E-state index in [9.17, 15) is 8.42 Å². The quantitative estimate of drug-likeness (QED) is 0.874. The Morgan fingerprint density at radius 3 is 2.21 bits per heavy atom. The Morgan fingerprint density at radius 1 is 1.16 bits per heavy atom. The van der Waals surface area contributed by atoms with Gasteiger partial charge in [0.05, 0.1) is 3.79 Å². The van der Waals surface area contributed by atoms with Crippen LogP contribution < -0.4 is 10.0 Å². The predicted octanol–water partition coefficient (Wildman–Crippen LogP) is 3.66. The molecule has 0 unspecified atom stereocenters. The van der Waals surface area contributed by atoms with Crippen LogP contribution in [0.15, 0.2) is 39.0 Å². The van der Waals surface area contributed by atoms with Crippen LogP contribution in [0.25, 0.3) is 0 Å². The van der Waals surface area contributed by atoms with E-state index < -0.39 is 10.0 Å². The first kappa shape index (κ1) is 14.4. The molecule has 2 rings (SSSR count). The highest BCUT2D eigenvalue weighted by molar-refractivity contribution is 9.11. The van der Waals surface area contributed by atoms with Crippen LogP contribution in [0.3, 0.4) is 0 Å². The number of hydrogen-bond donors (Lipinski definition) is 2. The normalized spacial score (nSPS) is 11.3. The summed E-state index contributed by atoms with van der Waals surface area (Å²) in [6.07, 6.45) is 0. The van der Waals surface area contributed by atoms with Crippen LogP contribution in [0.1, 0.15) is 4.88 Å². The zero-order chi connectivity index (χ0) is 14.0. The number of hydrogen-bond acceptors (Lipinski definition) is 4. The van der Waals surface area contributed by atoms with Crippen molar-refractivity contribution in [2.75, 3.05) is 17.1 Å². The summed E-state index contributed by atoms with van der Waals surface area (Å²) in [5.41, 5.74) is 1.47. The van der Waals surface area contributed by atoms with Crippen LogP contribution in [0.2, 0.25) is 0 Å². The van der Waals surface area contributed by atoms with Gasteiger partial charge in [0.15, 0.2) is 0 Å². The minimum Gasteiger partial charge on any atom is -0.388 e. The lowest BCUT2D eigenvalue weighted by atomic mass is 10.3. The summed E-state index contributed by atoms with van der Waals surface area (Å²) in [4.78, 5) is 1.06. The van der Waals surface area contributed by atoms with Gasteiger partial charge in [-0.25, -0.2) is 8.42 Å². The molecule has 1 heterocycles. The lowest BCUT2D eigenvalue weighted by Gasteiger charge is -2.08. The Morgan fingerprint density at radius 2 is 1.74 bits per heavy atom. The van der Waals surface area contributed by atoms with E-state index in [1.54, 1.807) is 25.1 Å². The van der Waals surface area contributed by atoms with Gasteiger partial charge >= 0.3 is 0 Å². The van der Waals surface area contributed by atoms with Crippen molar-refractivity contribution >= 4 is 48.7 Å². The maximum Gasteiger partial charge on any atom is 0.263 e. The van der Waals surface area contributed by atoms with Gasteiger partial charge in [0.1, 0.15) is 4.90 Å².